The highest BCUT2D eigenvalue weighted by Crippen LogP contribution is 2.33. The lowest BCUT2D eigenvalue weighted by molar-refractivity contribution is -0.142. The zero-order valence-electron chi connectivity index (χ0n) is 20.0. The summed E-state index contributed by atoms with van der Waals surface area (Å²) in [4.78, 5) is 30.8. The molecule has 12 heteroatoms. The Hall–Kier alpha value is -4.09. The molecule has 36 heavy (non-hydrogen) atoms. The van der Waals surface area contributed by atoms with Crippen LogP contribution in [0.3, 0.4) is 0 Å². The van der Waals surface area contributed by atoms with Crippen LogP contribution >= 0.6 is 0 Å². The molecule has 1 fully saturated rings. The maximum atomic E-state index is 12.7. The number of nitrogens with zero attached hydrogens (tertiary/aromatic N) is 3. The predicted octanol–water partition coefficient (Wildman–Crippen LogP) is 2.32. The van der Waals surface area contributed by atoms with E-state index in [2.05, 4.69) is 21.0 Å². The standard InChI is InChI=1S/C23H27F3N6O.CH3NO/c1-14-19(9-18(12-31-14)32-6-4-15(13-32)10-23(24,25)26)20(28)7-17(11-27)16-3-5-30-21(8-16)22(33)29-2;2-1-3/h3,5,7-9,11-12,15H,4,6,10,13,27-28H2,1-2H3,(H,29,33);1H,(H2,2,3)/b17-11+,20-7-;. The first-order valence-electron chi connectivity index (χ1n) is 11.0. The summed E-state index contributed by atoms with van der Waals surface area (Å²) in [6.07, 6.45) is 1.99. The van der Waals surface area contributed by atoms with Crippen molar-refractivity contribution in [3.05, 3.63) is 65.4 Å². The Morgan fingerprint density at radius 2 is 1.97 bits per heavy atom. The molecule has 1 saturated heterocycles. The molecule has 1 aliphatic rings. The van der Waals surface area contributed by atoms with Crippen molar-refractivity contribution in [2.45, 2.75) is 25.9 Å². The van der Waals surface area contributed by atoms with Crippen molar-refractivity contribution in [2.75, 3.05) is 25.0 Å². The van der Waals surface area contributed by atoms with Crippen LogP contribution in [-0.2, 0) is 4.79 Å². The fraction of sp³-hybridized carbons (Fsp3) is 0.333. The molecule has 0 spiro atoms. The second-order valence-corrected chi connectivity index (χ2v) is 8.11. The molecule has 1 atom stereocenters. The van der Waals surface area contributed by atoms with E-state index in [0.29, 0.717) is 47.6 Å². The van der Waals surface area contributed by atoms with E-state index in [1.807, 2.05) is 11.0 Å². The van der Waals surface area contributed by atoms with E-state index in [9.17, 15) is 18.0 Å². The topological polar surface area (TPSA) is 153 Å². The molecule has 2 aromatic rings. The van der Waals surface area contributed by atoms with Gasteiger partial charge in [0.1, 0.15) is 5.69 Å². The molecule has 0 aliphatic carbocycles. The molecule has 0 bridgehead atoms. The van der Waals surface area contributed by atoms with E-state index in [4.69, 9.17) is 16.3 Å². The van der Waals surface area contributed by atoms with Gasteiger partial charge in [-0.1, -0.05) is 0 Å². The number of aryl methyl sites for hydroxylation is 1. The van der Waals surface area contributed by atoms with Crippen LogP contribution in [0.4, 0.5) is 18.9 Å². The highest BCUT2D eigenvalue weighted by atomic mass is 19.4. The minimum atomic E-state index is -4.17. The Kier molecular flexibility index (Phi) is 9.83. The normalized spacial score (nSPS) is 16.2. The zero-order valence-corrected chi connectivity index (χ0v) is 20.0. The van der Waals surface area contributed by atoms with E-state index in [0.717, 1.165) is 5.69 Å². The maximum absolute atomic E-state index is 12.7. The SMILES string of the molecule is CNC(=O)c1cc(C(/C=C(\N)c2cc(N3CCC(CC(F)(F)F)C3)cnc2C)=C/N)ccn1.NC=O. The largest absolute Gasteiger partial charge is 0.404 e. The maximum Gasteiger partial charge on any atom is 0.389 e. The number of nitrogens with one attached hydrogen (secondary N) is 1. The number of primary amides is 1. The number of hydrogen-bond donors (Lipinski definition) is 4. The number of hydrogen-bond acceptors (Lipinski definition) is 7. The third-order valence-corrected chi connectivity index (χ3v) is 5.60. The quantitative estimate of drug-likeness (QED) is 0.347. The number of halogens is 3. The molecular formula is C24H30F3N7O2. The predicted molar refractivity (Wildman–Crippen MR) is 132 cm³/mol. The lowest BCUT2D eigenvalue weighted by Crippen LogP contribution is -2.22. The first-order chi connectivity index (χ1) is 17.0. The first-order valence-corrected chi connectivity index (χ1v) is 11.0. The molecule has 194 valence electrons. The summed E-state index contributed by atoms with van der Waals surface area (Å²) < 4.78 is 38.2. The minimum absolute atomic E-state index is 0.239. The summed E-state index contributed by atoms with van der Waals surface area (Å²) >= 11 is 0. The van der Waals surface area contributed by atoms with Gasteiger partial charge in [0, 0.05) is 55.9 Å². The average Bonchev–Trinajstić information content (AvgIpc) is 3.29. The fourth-order valence-corrected chi connectivity index (χ4v) is 3.88. The third-order valence-electron chi connectivity index (χ3n) is 5.60. The molecule has 9 nitrogen and oxygen atoms in total. The van der Waals surface area contributed by atoms with Crippen LogP contribution in [0.1, 0.15) is 40.2 Å². The number of rotatable bonds is 6. The Balaban J connectivity index is 0.00000145. The lowest BCUT2D eigenvalue weighted by Gasteiger charge is -2.20. The van der Waals surface area contributed by atoms with Crippen molar-refractivity contribution in [2.24, 2.45) is 23.1 Å². The van der Waals surface area contributed by atoms with E-state index in [1.54, 1.807) is 31.3 Å². The number of alkyl halides is 3. The number of pyridine rings is 2. The molecule has 2 amide bonds. The average molecular weight is 506 g/mol. The van der Waals surface area contributed by atoms with Crippen LogP contribution in [0.25, 0.3) is 11.3 Å². The molecule has 1 aliphatic heterocycles. The lowest BCUT2D eigenvalue weighted by atomic mass is 10.0. The Morgan fingerprint density at radius 1 is 1.28 bits per heavy atom. The van der Waals surface area contributed by atoms with E-state index >= 15 is 0 Å². The Morgan fingerprint density at radius 3 is 2.58 bits per heavy atom. The van der Waals surface area contributed by atoms with Crippen molar-refractivity contribution in [1.29, 1.82) is 0 Å². The van der Waals surface area contributed by atoms with Crippen LogP contribution in [0, 0.1) is 12.8 Å². The molecule has 0 radical (unpaired) electrons. The van der Waals surface area contributed by atoms with Gasteiger partial charge in [0.25, 0.3) is 5.91 Å². The molecule has 2 aromatic heterocycles. The van der Waals surface area contributed by atoms with Gasteiger partial charge < -0.3 is 27.4 Å². The fourth-order valence-electron chi connectivity index (χ4n) is 3.88. The molecule has 7 N–H and O–H groups in total. The van der Waals surface area contributed by atoms with Crippen LogP contribution < -0.4 is 27.4 Å². The second kappa shape index (κ2) is 12.6. The van der Waals surface area contributed by atoms with Gasteiger partial charge in [0.15, 0.2) is 0 Å². The van der Waals surface area contributed by atoms with Crippen LogP contribution in [-0.4, -0.2) is 48.6 Å². The summed E-state index contributed by atoms with van der Waals surface area (Å²) in [5, 5.41) is 2.52. The monoisotopic (exact) mass is 505 g/mol. The van der Waals surface area contributed by atoms with Gasteiger partial charge >= 0.3 is 6.18 Å². The Labute approximate surface area is 207 Å². The van der Waals surface area contributed by atoms with Gasteiger partial charge in [-0.05, 0) is 54.7 Å². The molecular weight excluding hydrogens is 475 g/mol. The van der Waals surface area contributed by atoms with E-state index in [1.165, 1.54) is 19.4 Å². The van der Waals surface area contributed by atoms with Crippen LogP contribution in [0.5, 0.6) is 0 Å². The molecule has 3 heterocycles. The Bertz CT molecular complexity index is 1130. The van der Waals surface area contributed by atoms with Gasteiger partial charge in [-0.25, -0.2) is 0 Å². The summed E-state index contributed by atoms with van der Waals surface area (Å²) in [6.45, 7) is 2.65. The molecule has 1 unspecified atom stereocenters. The zero-order chi connectivity index (χ0) is 26.9. The smallest absolute Gasteiger partial charge is 0.389 e. The number of carbonyl (C=O) groups excluding carboxylic acids is 2. The second-order valence-electron chi connectivity index (χ2n) is 8.11. The summed E-state index contributed by atoms with van der Waals surface area (Å²) in [5.74, 6) is -0.761. The molecule has 0 saturated carbocycles. The van der Waals surface area contributed by atoms with Crippen molar-refractivity contribution >= 4 is 29.3 Å². The highest BCUT2D eigenvalue weighted by molar-refractivity contribution is 5.93. The highest BCUT2D eigenvalue weighted by Gasteiger charge is 2.35. The van der Waals surface area contributed by atoms with Crippen molar-refractivity contribution in [3.63, 3.8) is 0 Å². The summed E-state index contributed by atoms with van der Waals surface area (Å²) in [7, 11) is 1.52. The minimum Gasteiger partial charge on any atom is -0.404 e. The van der Waals surface area contributed by atoms with Gasteiger partial charge in [0.05, 0.1) is 11.9 Å². The third kappa shape index (κ3) is 7.72. The number of aromatic nitrogens is 2. The number of amides is 2. The number of nitrogens with two attached hydrogens (primary N) is 3. The van der Waals surface area contributed by atoms with Crippen molar-refractivity contribution < 1.29 is 22.8 Å². The van der Waals surface area contributed by atoms with Gasteiger partial charge in [-0.3, -0.25) is 19.6 Å². The van der Waals surface area contributed by atoms with Crippen molar-refractivity contribution in [3.8, 4) is 0 Å². The van der Waals surface area contributed by atoms with E-state index < -0.39 is 18.5 Å². The van der Waals surface area contributed by atoms with E-state index in [-0.39, 0.29) is 18.0 Å². The van der Waals surface area contributed by atoms with Crippen molar-refractivity contribution in [1.82, 2.24) is 15.3 Å². The van der Waals surface area contributed by atoms with Gasteiger partial charge in [0.2, 0.25) is 6.41 Å². The van der Waals surface area contributed by atoms with Crippen LogP contribution in [0.15, 0.2) is 42.9 Å². The number of anilines is 1. The number of allylic oxidation sites excluding steroid dienone is 2. The number of carbonyl (C=O) groups is 2. The van der Waals surface area contributed by atoms with Gasteiger partial charge in [-0.15, -0.1) is 0 Å². The summed E-state index contributed by atoms with van der Waals surface area (Å²) in [6, 6.07) is 5.15. The van der Waals surface area contributed by atoms with Gasteiger partial charge in [-0.2, -0.15) is 13.2 Å². The summed E-state index contributed by atoms with van der Waals surface area (Å²) in [5.41, 5.74) is 20.3. The first kappa shape index (κ1) is 28.1. The molecule has 0 aromatic carbocycles. The molecule has 3 rings (SSSR count). The van der Waals surface area contributed by atoms with Crippen LogP contribution in [0.2, 0.25) is 0 Å².